The molecular weight excluding hydrogens is 168 g/mol. The zero-order chi connectivity index (χ0) is 8.13. The molecule has 12 heavy (non-hydrogen) atoms. The van der Waals surface area contributed by atoms with Crippen molar-refractivity contribution in [2.45, 2.75) is 31.3 Å². The largest absolute Gasteiger partial charge is 0.295 e. The van der Waals surface area contributed by atoms with Gasteiger partial charge in [0, 0.05) is 23.4 Å². The maximum Gasteiger partial charge on any atom is 0.0798 e. The third-order valence-corrected chi connectivity index (χ3v) is 4.22. The zero-order valence-corrected chi connectivity index (χ0v) is 7.97. The van der Waals surface area contributed by atoms with Crippen LogP contribution in [0.4, 0.5) is 0 Å². The van der Waals surface area contributed by atoms with Gasteiger partial charge in [0.05, 0.1) is 11.2 Å². The summed E-state index contributed by atoms with van der Waals surface area (Å²) >= 11 is 1.84. The van der Waals surface area contributed by atoms with Crippen molar-refractivity contribution in [1.82, 2.24) is 9.88 Å². The van der Waals surface area contributed by atoms with Crippen LogP contribution in [0.1, 0.15) is 29.5 Å². The molecule has 0 spiro atoms. The van der Waals surface area contributed by atoms with Crippen LogP contribution in [0.5, 0.6) is 0 Å². The van der Waals surface area contributed by atoms with Crippen molar-refractivity contribution >= 4 is 11.3 Å². The summed E-state index contributed by atoms with van der Waals surface area (Å²) in [5.74, 6) is 0. The molecule has 2 aliphatic rings. The van der Waals surface area contributed by atoms with Crippen LogP contribution < -0.4 is 0 Å². The van der Waals surface area contributed by atoms with Crippen molar-refractivity contribution in [3.05, 3.63) is 16.1 Å². The second-order valence-electron chi connectivity index (χ2n) is 3.78. The van der Waals surface area contributed by atoms with Crippen molar-refractivity contribution in [3.8, 4) is 0 Å². The van der Waals surface area contributed by atoms with Gasteiger partial charge in [-0.2, -0.15) is 0 Å². The molecule has 1 aromatic heterocycles. The number of fused-ring (bicyclic) bond motifs is 4. The van der Waals surface area contributed by atoms with Crippen LogP contribution in [0.2, 0.25) is 0 Å². The Kier molecular flexibility index (Phi) is 1.35. The third-order valence-electron chi connectivity index (χ3n) is 3.25. The van der Waals surface area contributed by atoms with Crippen LogP contribution in [-0.2, 0) is 6.42 Å². The Bertz CT molecular complexity index is 307. The number of rotatable bonds is 0. The summed E-state index contributed by atoms with van der Waals surface area (Å²) in [6.45, 7) is 0. The van der Waals surface area contributed by atoms with Gasteiger partial charge in [0.1, 0.15) is 0 Å². The van der Waals surface area contributed by atoms with Gasteiger partial charge in [-0.05, 0) is 19.9 Å². The first-order valence-electron chi connectivity index (χ1n) is 4.50. The van der Waals surface area contributed by atoms with Crippen molar-refractivity contribution in [2.75, 3.05) is 7.05 Å². The highest BCUT2D eigenvalue weighted by atomic mass is 32.1. The summed E-state index contributed by atoms with van der Waals surface area (Å²) in [5, 5.41) is 0. The first-order chi connectivity index (χ1) is 5.86. The van der Waals surface area contributed by atoms with Crippen LogP contribution in [-0.4, -0.2) is 23.0 Å². The normalized spacial score (nSPS) is 33.8. The molecule has 0 aromatic carbocycles. The average molecular weight is 180 g/mol. The van der Waals surface area contributed by atoms with E-state index in [9.17, 15) is 0 Å². The van der Waals surface area contributed by atoms with Crippen LogP contribution in [0, 0.1) is 0 Å². The minimum atomic E-state index is 0.700. The van der Waals surface area contributed by atoms with Crippen LogP contribution >= 0.6 is 11.3 Å². The molecule has 0 aliphatic carbocycles. The maximum absolute atomic E-state index is 4.42. The predicted molar refractivity (Wildman–Crippen MR) is 49.3 cm³/mol. The Morgan fingerprint density at radius 2 is 2.50 bits per heavy atom. The van der Waals surface area contributed by atoms with E-state index in [1.807, 2.05) is 16.8 Å². The lowest BCUT2D eigenvalue weighted by Crippen LogP contribution is -2.33. The lowest BCUT2D eigenvalue weighted by molar-refractivity contribution is 0.226. The van der Waals surface area contributed by atoms with E-state index in [2.05, 4.69) is 16.9 Å². The van der Waals surface area contributed by atoms with E-state index in [0.29, 0.717) is 6.04 Å². The molecule has 0 amide bonds. The summed E-state index contributed by atoms with van der Waals surface area (Å²) in [7, 11) is 2.25. The fourth-order valence-corrected chi connectivity index (χ4v) is 3.51. The first kappa shape index (κ1) is 7.04. The Balaban J connectivity index is 2.12. The molecular formula is C9H12N2S. The Morgan fingerprint density at radius 3 is 3.42 bits per heavy atom. The second kappa shape index (κ2) is 2.30. The molecule has 2 bridgehead atoms. The van der Waals surface area contributed by atoms with Gasteiger partial charge in [0.15, 0.2) is 0 Å². The van der Waals surface area contributed by atoms with E-state index in [4.69, 9.17) is 0 Å². The number of hydrogen-bond donors (Lipinski definition) is 0. The molecule has 1 aromatic rings. The Hall–Kier alpha value is -0.410. The van der Waals surface area contributed by atoms with Gasteiger partial charge >= 0.3 is 0 Å². The minimum absolute atomic E-state index is 0.700. The van der Waals surface area contributed by atoms with Gasteiger partial charge in [-0.3, -0.25) is 4.90 Å². The molecule has 64 valence electrons. The first-order valence-corrected chi connectivity index (χ1v) is 5.38. The number of nitrogens with zero attached hydrogens (tertiary/aromatic N) is 2. The Morgan fingerprint density at radius 1 is 1.58 bits per heavy atom. The van der Waals surface area contributed by atoms with Crippen LogP contribution in [0.15, 0.2) is 5.51 Å². The van der Waals surface area contributed by atoms with Crippen molar-refractivity contribution in [1.29, 1.82) is 0 Å². The van der Waals surface area contributed by atoms with Gasteiger partial charge in [0.25, 0.3) is 0 Å². The molecule has 2 aliphatic heterocycles. The van der Waals surface area contributed by atoms with Gasteiger partial charge in [-0.15, -0.1) is 11.3 Å². The summed E-state index contributed by atoms with van der Waals surface area (Å²) in [6, 6.07) is 1.48. The summed E-state index contributed by atoms with van der Waals surface area (Å²) in [4.78, 5) is 8.49. The van der Waals surface area contributed by atoms with E-state index in [0.717, 1.165) is 6.04 Å². The van der Waals surface area contributed by atoms with E-state index in [1.165, 1.54) is 29.8 Å². The monoisotopic (exact) mass is 180 g/mol. The van der Waals surface area contributed by atoms with Gasteiger partial charge in [0.2, 0.25) is 0 Å². The molecule has 0 N–H and O–H groups in total. The summed E-state index contributed by atoms with van der Waals surface area (Å²) in [6.07, 6.45) is 3.90. The quantitative estimate of drug-likeness (QED) is 0.605. The zero-order valence-electron chi connectivity index (χ0n) is 7.16. The molecule has 2 unspecified atom stereocenters. The maximum atomic E-state index is 4.42. The smallest absolute Gasteiger partial charge is 0.0798 e. The highest BCUT2D eigenvalue weighted by molar-refractivity contribution is 7.09. The standard InChI is InChI=1S/C9H12N2S/c1-11-6-2-3-8(11)9-7(4-6)10-5-12-9/h5-6,8H,2-4H2,1H3. The van der Waals surface area contributed by atoms with Crippen LogP contribution in [0.25, 0.3) is 0 Å². The highest BCUT2D eigenvalue weighted by Gasteiger charge is 2.38. The molecule has 3 heteroatoms. The average Bonchev–Trinajstić information content (AvgIpc) is 2.59. The van der Waals surface area contributed by atoms with Crippen LogP contribution in [0.3, 0.4) is 0 Å². The predicted octanol–water partition coefficient (Wildman–Crippen LogP) is 1.83. The van der Waals surface area contributed by atoms with Crippen molar-refractivity contribution in [3.63, 3.8) is 0 Å². The topological polar surface area (TPSA) is 16.1 Å². The van der Waals surface area contributed by atoms with E-state index in [1.54, 1.807) is 0 Å². The van der Waals surface area contributed by atoms with Gasteiger partial charge in [-0.25, -0.2) is 4.98 Å². The minimum Gasteiger partial charge on any atom is -0.295 e. The number of hydrogen-bond acceptors (Lipinski definition) is 3. The molecule has 1 fully saturated rings. The molecule has 2 atom stereocenters. The highest BCUT2D eigenvalue weighted by Crippen LogP contribution is 2.43. The molecule has 0 saturated carbocycles. The second-order valence-corrected chi connectivity index (χ2v) is 4.67. The van der Waals surface area contributed by atoms with E-state index in [-0.39, 0.29) is 0 Å². The third kappa shape index (κ3) is 0.756. The molecule has 3 heterocycles. The van der Waals surface area contributed by atoms with Crippen molar-refractivity contribution in [2.24, 2.45) is 0 Å². The lowest BCUT2D eigenvalue weighted by atomic mass is 10.1. The van der Waals surface area contributed by atoms with Gasteiger partial charge < -0.3 is 0 Å². The molecule has 0 radical (unpaired) electrons. The molecule has 1 saturated heterocycles. The Labute approximate surface area is 76.2 Å². The molecule has 3 rings (SSSR count). The number of aromatic nitrogens is 1. The van der Waals surface area contributed by atoms with E-state index < -0.39 is 0 Å². The molecule has 2 nitrogen and oxygen atoms in total. The number of thiazole rings is 1. The van der Waals surface area contributed by atoms with E-state index >= 15 is 0 Å². The fourth-order valence-electron chi connectivity index (χ4n) is 2.50. The van der Waals surface area contributed by atoms with Crippen molar-refractivity contribution < 1.29 is 0 Å². The summed E-state index contributed by atoms with van der Waals surface area (Å²) < 4.78 is 0. The van der Waals surface area contributed by atoms with Gasteiger partial charge in [-0.1, -0.05) is 0 Å². The summed E-state index contributed by atoms with van der Waals surface area (Å²) in [5.41, 5.74) is 3.38. The number of likely N-dealkylation sites (N-methyl/N-ethyl adjacent to an activating group) is 1. The SMILES string of the molecule is CN1C2CCC1c1scnc1C2. The fraction of sp³-hybridized carbons (Fsp3) is 0.667. The lowest BCUT2D eigenvalue weighted by Gasteiger charge is -2.29.